The highest BCUT2D eigenvalue weighted by Crippen LogP contribution is 2.43. The molecule has 0 saturated heterocycles. The minimum atomic E-state index is 0.169. The van der Waals surface area contributed by atoms with Gasteiger partial charge in [0.05, 0.1) is 0 Å². The normalized spacial score (nSPS) is 14.0. The van der Waals surface area contributed by atoms with Crippen molar-refractivity contribution in [3.05, 3.63) is 245 Å². The zero-order valence-corrected chi connectivity index (χ0v) is 32.4. The molecule has 11 rings (SSSR count). The summed E-state index contributed by atoms with van der Waals surface area (Å²) in [4.78, 5) is 2.44. The number of fused-ring (bicyclic) bond motifs is 8. The first-order chi connectivity index (χ1) is 28.7. The van der Waals surface area contributed by atoms with Gasteiger partial charge in [0.1, 0.15) is 0 Å². The lowest BCUT2D eigenvalue weighted by Crippen LogP contribution is -2.37. The zero-order valence-electron chi connectivity index (χ0n) is 32.4. The minimum absolute atomic E-state index is 0.169. The Morgan fingerprint density at radius 2 is 0.897 bits per heavy atom. The molecule has 0 amide bonds. The summed E-state index contributed by atoms with van der Waals surface area (Å²) in [6.07, 6.45) is 0.912. The molecule has 274 valence electrons. The Kier molecular flexibility index (Phi) is 8.26. The molecular formula is C57H41N. The standard InChI is InChI=1S/C57H41N/c1-38-24-26-43(27-25-38)55-52(41-16-4-2-5-17-41)37-53(42-18-6-3-7-19-42)56-50-23-13-12-22-49(50)54-36-48(32-33-51(54)57(55)56)58(46-30-28-39-14-8-10-20-44(39)34-46)47-31-29-40-15-9-11-21-45(40)35-47/h2-36,52H,37H2,1H3. The lowest BCUT2D eigenvalue weighted by atomic mass is 9.74. The van der Waals surface area contributed by atoms with E-state index in [1.54, 1.807) is 0 Å². The van der Waals surface area contributed by atoms with Gasteiger partial charge in [0.25, 0.3) is 0 Å². The Labute approximate surface area is 339 Å². The monoisotopic (exact) mass is 739 g/mol. The van der Waals surface area contributed by atoms with Crippen molar-refractivity contribution in [2.24, 2.45) is 0 Å². The maximum atomic E-state index is 2.45. The molecular weight excluding hydrogens is 699 g/mol. The summed E-state index contributed by atoms with van der Waals surface area (Å²) in [5, 5.41) is 12.7. The highest BCUT2D eigenvalue weighted by molar-refractivity contribution is 6.12. The van der Waals surface area contributed by atoms with Crippen molar-refractivity contribution in [3.8, 4) is 0 Å². The van der Waals surface area contributed by atoms with Crippen LogP contribution in [-0.2, 0) is 0 Å². The first-order valence-electron chi connectivity index (χ1n) is 20.3. The molecule has 0 fully saturated rings. The summed E-state index contributed by atoms with van der Waals surface area (Å²) < 4.78 is 0. The van der Waals surface area contributed by atoms with Gasteiger partial charge in [-0.15, -0.1) is 0 Å². The van der Waals surface area contributed by atoms with E-state index in [-0.39, 0.29) is 5.92 Å². The Hall–Kier alpha value is -7.22. The van der Waals surface area contributed by atoms with E-state index in [0.29, 0.717) is 0 Å². The van der Waals surface area contributed by atoms with Crippen molar-refractivity contribution in [1.29, 1.82) is 0 Å². The molecule has 0 aliphatic heterocycles. The molecule has 58 heavy (non-hydrogen) atoms. The number of benzene rings is 10. The van der Waals surface area contributed by atoms with Crippen LogP contribution in [0.5, 0.6) is 0 Å². The molecule has 10 aromatic carbocycles. The van der Waals surface area contributed by atoms with E-state index in [9.17, 15) is 0 Å². The smallest absolute Gasteiger partial charge is 0.0468 e. The number of nitrogens with zero attached hydrogens (tertiary/aromatic N) is 1. The third-order valence-corrected chi connectivity index (χ3v) is 12.3. The summed E-state index contributed by atoms with van der Waals surface area (Å²) in [6.45, 7) is 2.18. The van der Waals surface area contributed by atoms with E-state index < -0.39 is 0 Å². The lowest BCUT2D eigenvalue weighted by Gasteiger charge is -2.30. The molecule has 1 unspecified atom stereocenters. The van der Waals surface area contributed by atoms with E-state index in [2.05, 4.69) is 224 Å². The van der Waals surface area contributed by atoms with Crippen molar-refractivity contribution in [2.45, 2.75) is 19.3 Å². The topological polar surface area (TPSA) is 3.24 Å². The van der Waals surface area contributed by atoms with Gasteiger partial charge in [-0.05, 0) is 131 Å². The summed E-state index contributed by atoms with van der Waals surface area (Å²) in [6, 6.07) is 78.8. The van der Waals surface area contributed by atoms with Crippen molar-refractivity contribution in [3.63, 3.8) is 0 Å². The molecule has 0 heterocycles. The summed E-state index contributed by atoms with van der Waals surface area (Å²) in [5.41, 5.74) is 11.4. The predicted molar refractivity (Wildman–Crippen MR) is 247 cm³/mol. The molecule has 1 atom stereocenters. The zero-order chi connectivity index (χ0) is 38.6. The third-order valence-electron chi connectivity index (χ3n) is 12.3. The number of rotatable bonds is 6. The van der Waals surface area contributed by atoms with Gasteiger partial charge in [0.15, 0.2) is 0 Å². The van der Waals surface area contributed by atoms with Gasteiger partial charge in [-0.1, -0.05) is 181 Å². The van der Waals surface area contributed by atoms with E-state index in [0.717, 1.165) is 23.5 Å². The van der Waals surface area contributed by atoms with Crippen LogP contribution in [0.2, 0.25) is 0 Å². The van der Waals surface area contributed by atoms with Crippen LogP contribution in [0.3, 0.4) is 0 Å². The fourth-order valence-corrected chi connectivity index (χ4v) is 9.52. The van der Waals surface area contributed by atoms with Crippen molar-refractivity contribution < 1.29 is 0 Å². The van der Waals surface area contributed by atoms with Crippen molar-refractivity contribution >= 4 is 71.3 Å². The lowest BCUT2D eigenvalue weighted by molar-refractivity contribution is 0.876. The second kappa shape index (κ2) is 14.1. The maximum absolute atomic E-state index is 2.45. The molecule has 0 radical (unpaired) electrons. The number of aryl methyl sites for hydroxylation is 1. The summed E-state index contributed by atoms with van der Waals surface area (Å²) in [5.74, 6) is 0.169. The maximum Gasteiger partial charge on any atom is 0.0468 e. The molecule has 10 aromatic rings. The van der Waals surface area contributed by atoms with Crippen molar-refractivity contribution in [1.82, 2.24) is 0 Å². The third kappa shape index (κ3) is 5.78. The second-order valence-electron chi connectivity index (χ2n) is 15.7. The fraction of sp³-hybridized carbons (Fsp3) is 0.0526. The molecule has 0 N–H and O–H groups in total. The van der Waals surface area contributed by atoms with Gasteiger partial charge in [-0.3, -0.25) is 0 Å². The number of hydrogen-bond acceptors (Lipinski definition) is 1. The molecule has 0 spiro atoms. The van der Waals surface area contributed by atoms with Crippen LogP contribution in [0, 0.1) is 6.92 Å². The SMILES string of the molecule is Cc1ccc(C2=c3c(c4ccccc4c4cc(N(c5ccc6ccccc6c5)c5ccc6ccccc6c5)ccc34)=C(c3ccccc3)CC2c2ccccc2)cc1. The van der Waals surface area contributed by atoms with Crippen LogP contribution < -0.4 is 15.3 Å². The first kappa shape index (κ1) is 34.1. The van der Waals surface area contributed by atoms with Gasteiger partial charge in [0.2, 0.25) is 0 Å². The van der Waals surface area contributed by atoms with Crippen LogP contribution in [0.15, 0.2) is 212 Å². The summed E-state index contributed by atoms with van der Waals surface area (Å²) in [7, 11) is 0. The molecule has 1 nitrogen and oxygen atoms in total. The molecule has 0 bridgehead atoms. The molecule has 0 saturated carbocycles. The number of hydrogen-bond donors (Lipinski definition) is 0. The Morgan fingerprint density at radius 3 is 1.55 bits per heavy atom. The predicted octanol–water partition coefficient (Wildman–Crippen LogP) is 13.7. The number of anilines is 3. The van der Waals surface area contributed by atoms with E-state index in [1.807, 2.05) is 0 Å². The van der Waals surface area contributed by atoms with Gasteiger partial charge in [-0.25, -0.2) is 0 Å². The van der Waals surface area contributed by atoms with Gasteiger partial charge < -0.3 is 4.90 Å². The Bertz CT molecular complexity index is 3230. The Morgan fingerprint density at radius 1 is 0.379 bits per heavy atom. The fourth-order valence-electron chi connectivity index (χ4n) is 9.52. The van der Waals surface area contributed by atoms with Crippen LogP contribution >= 0.6 is 0 Å². The molecule has 1 aliphatic rings. The Balaban J connectivity index is 1.28. The van der Waals surface area contributed by atoms with Gasteiger partial charge in [-0.2, -0.15) is 0 Å². The molecule has 0 aromatic heterocycles. The largest absolute Gasteiger partial charge is 0.310 e. The van der Waals surface area contributed by atoms with Gasteiger partial charge in [0, 0.05) is 23.0 Å². The van der Waals surface area contributed by atoms with Crippen LogP contribution in [0.4, 0.5) is 17.1 Å². The minimum Gasteiger partial charge on any atom is -0.310 e. The average molecular weight is 740 g/mol. The van der Waals surface area contributed by atoms with Crippen molar-refractivity contribution in [2.75, 3.05) is 4.90 Å². The average Bonchev–Trinajstić information content (AvgIpc) is 3.29. The quantitative estimate of drug-likeness (QED) is 0.154. The second-order valence-corrected chi connectivity index (χ2v) is 15.7. The molecule has 1 aliphatic carbocycles. The van der Waals surface area contributed by atoms with Crippen LogP contribution in [0.1, 0.15) is 34.6 Å². The van der Waals surface area contributed by atoms with E-state index in [1.165, 1.54) is 86.9 Å². The van der Waals surface area contributed by atoms with E-state index >= 15 is 0 Å². The van der Waals surface area contributed by atoms with E-state index in [4.69, 9.17) is 0 Å². The summed E-state index contributed by atoms with van der Waals surface area (Å²) >= 11 is 0. The van der Waals surface area contributed by atoms with Crippen LogP contribution in [-0.4, -0.2) is 0 Å². The van der Waals surface area contributed by atoms with Gasteiger partial charge >= 0.3 is 0 Å². The first-order valence-corrected chi connectivity index (χ1v) is 20.3. The highest BCUT2D eigenvalue weighted by Gasteiger charge is 2.28. The molecule has 1 heteroatoms. The van der Waals surface area contributed by atoms with Crippen LogP contribution in [0.25, 0.3) is 54.2 Å². The highest BCUT2D eigenvalue weighted by atomic mass is 15.1.